The third-order valence-corrected chi connectivity index (χ3v) is 5.74. The van der Waals surface area contributed by atoms with E-state index in [1.807, 2.05) is 0 Å². The van der Waals surface area contributed by atoms with Gasteiger partial charge in [0.05, 0.1) is 4.90 Å². The summed E-state index contributed by atoms with van der Waals surface area (Å²) >= 11 is 4.87. The van der Waals surface area contributed by atoms with Gasteiger partial charge in [0, 0.05) is 18.7 Å². The maximum atomic E-state index is 12.6. The van der Waals surface area contributed by atoms with Gasteiger partial charge in [-0.05, 0) is 30.4 Å². The topological polar surface area (TPSA) is 63.4 Å². The number of piperidine rings is 1. The van der Waals surface area contributed by atoms with Crippen molar-refractivity contribution in [1.82, 2.24) is 4.31 Å². The summed E-state index contributed by atoms with van der Waals surface area (Å²) in [4.78, 5) is 0.572. The maximum Gasteiger partial charge on any atom is 0.243 e. The lowest BCUT2D eigenvalue weighted by Gasteiger charge is -2.37. The summed E-state index contributed by atoms with van der Waals surface area (Å²) in [5, 5.41) is 0. The van der Waals surface area contributed by atoms with E-state index < -0.39 is 10.0 Å². The Balaban J connectivity index is 2.28. The third kappa shape index (κ3) is 3.19. The van der Waals surface area contributed by atoms with Gasteiger partial charge in [0.15, 0.2) is 0 Å². The van der Waals surface area contributed by atoms with Crippen LogP contribution < -0.4 is 5.73 Å². The minimum atomic E-state index is -3.43. The molecule has 0 spiro atoms. The molecule has 1 aliphatic heterocycles. The molecule has 0 saturated carbocycles. The van der Waals surface area contributed by atoms with Gasteiger partial charge in [-0.2, -0.15) is 4.31 Å². The molecule has 1 heterocycles. The van der Waals surface area contributed by atoms with E-state index in [4.69, 9.17) is 18.0 Å². The number of nitrogens with zero attached hydrogens (tertiary/aromatic N) is 1. The van der Waals surface area contributed by atoms with Gasteiger partial charge in [-0.15, -0.1) is 0 Å². The van der Waals surface area contributed by atoms with Gasteiger partial charge in [-0.1, -0.05) is 38.2 Å². The summed E-state index contributed by atoms with van der Waals surface area (Å²) in [6, 6.07) is 6.46. The quantitative estimate of drug-likeness (QED) is 0.869. The first kappa shape index (κ1) is 15.4. The van der Waals surface area contributed by atoms with Gasteiger partial charge < -0.3 is 5.73 Å². The molecule has 20 heavy (non-hydrogen) atoms. The molecule has 1 saturated heterocycles. The maximum absolute atomic E-state index is 12.6. The van der Waals surface area contributed by atoms with Gasteiger partial charge in [0.2, 0.25) is 10.0 Å². The van der Waals surface area contributed by atoms with Crippen molar-refractivity contribution in [2.45, 2.75) is 31.6 Å². The lowest BCUT2D eigenvalue weighted by Crippen LogP contribution is -2.43. The van der Waals surface area contributed by atoms with Crippen LogP contribution in [-0.4, -0.2) is 30.8 Å². The van der Waals surface area contributed by atoms with Crippen molar-refractivity contribution in [3.8, 4) is 0 Å². The first-order valence-corrected chi connectivity index (χ1v) is 8.47. The van der Waals surface area contributed by atoms with E-state index in [0.717, 1.165) is 12.8 Å². The monoisotopic (exact) mass is 312 g/mol. The predicted octanol–water partition coefficient (Wildman–Crippen LogP) is 2.13. The number of benzene rings is 1. The number of hydrogen-bond donors (Lipinski definition) is 1. The Bertz CT molecular complexity index is 607. The third-order valence-electron chi connectivity index (χ3n) is 3.64. The molecule has 0 radical (unpaired) electrons. The second-order valence-corrected chi connectivity index (χ2v) is 8.37. The Morgan fingerprint density at radius 2 is 1.90 bits per heavy atom. The van der Waals surface area contributed by atoms with E-state index in [0.29, 0.717) is 23.5 Å². The van der Waals surface area contributed by atoms with Gasteiger partial charge >= 0.3 is 0 Å². The first-order chi connectivity index (χ1) is 9.22. The summed E-state index contributed by atoms with van der Waals surface area (Å²) in [5.41, 5.74) is 6.23. The minimum Gasteiger partial charge on any atom is -0.389 e. The molecule has 1 fully saturated rings. The SMILES string of the molecule is CC1(C)CCCN(S(=O)(=O)c2ccc(C(N)=S)cc2)C1. The van der Waals surface area contributed by atoms with Crippen LogP contribution in [0.2, 0.25) is 0 Å². The highest BCUT2D eigenvalue weighted by molar-refractivity contribution is 7.89. The summed E-state index contributed by atoms with van der Waals surface area (Å²) in [6.45, 7) is 5.35. The Hall–Kier alpha value is -0.980. The molecule has 0 aliphatic carbocycles. The number of nitrogens with two attached hydrogens (primary N) is 1. The molecular weight excluding hydrogens is 292 g/mol. The summed E-state index contributed by atoms with van der Waals surface area (Å²) in [5.74, 6) is 0. The van der Waals surface area contributed by atoms with Gasteiger partial charge in [-0.3, -0.25) is 0 Å². The predicted molar refractivity (Wildman–Crippen MR) is 84.1 cm³/mol. The molecule has 0 unspecified atom stereocenters. The minimum absolute atomic E-state index is 0.0318. The van der Waals surface area contributed by atoms with Crippen LogP contribution in [0, 0.1) is 5.41 Å². The lowest BCUT2D eigenvalue weighted by molar-refractivity contribution is 0.187. The zero-order valence-electron chi connectivity index (χ0n) is 11.8. The normalized spacial score (nSPS) is 19.7. The van der Waals surface area contributed by atoms with E-state index >= 15 is 0 Å². The standard InChI is InChI=1S/C14H20N2O2S2/c1-14(2)8-3-9-16(10-14)20(17,18)12-6-4-11(5-7-12)13(15)19/h4-7H,3,8-10H2,1-2H3,(H2,15,19). The Kier molecular flexibility index (Phi) is 4.18. The van der Waals surface area contributed by atoms with E-state index in [2.05, 4.69) is 13.8 Å². The van der Waals surface area contributed by atoms with Gasteiger partial charge in [0.1, 0.15) is 4.99 Å². The highest BCUT2D eigenvalue weighted by Gasteiger charge is 2.33. The highest BCUT2D eigenvalue weighted by Crippen LogP contribution is 2.31. The Morgan fingerprint density at radius 3 is 2.40 bits per heavy atom. The van der Waals surface area contributed by atoms with Crippen molar-refractivity contribution in [3.63, 3.8) is 0 Å². The summed E-state index contributed by atoms with van der Waals surface area (Å²) in [7, 11) is -3.43. The number of thiocarbonyl (C=S) groups is 1. The number of rotatable bonds is 3. The Labute approximate surface area is 126 Å². The van der Waals surface area contributed by atoms with Crippen LogP contribution in [-0.2, 0) is 10.0 Å². The second-order valence-electron chi connectivity index (χ2n) is 5.99. The van der Waals surface area contributed by atoms with Crippen molar-refractivity contribution in [2.75, 3.05) is 13.1 Å². The van der Waals surface area contributed by atoms with Crippen molar-refractivity contribution in [2.24, 2.45) is 11.1 Å². The highest BCUT2D eigenvalue weighted by atomic mass is 32.2. The van der Waals surface area contributed by atoms with Gasteiger partial charge in [-0.25, -0.2) is 8.42 Å². The summed E-state index contributed by atoms with van der Waals surface area (Å²) < 4.78 is 26.8. The van der Waals surface area contributed by atoms with E-state index in [1.165, 1.54) is 0 Å². The zero-order valence-corrected chi connectivity index (χ0v) is 13.4. The average molecular weight is 312 g/mol. The average Bonchev–Trinajstić information content (AvgIpc) is 2.37. The molecule has 2 N–H and O–H groups in total. The fourth-order valence-corrected chi connectivity index (χ4v) is 4.32. The molecule has 0 atom stereocenters. The molecule has 1 aromatic rings. The molecule has 6 heteroatoms. The van der Waals surface area contributed by atoms with Crippen molar-refractivity contribution in [1.29, 1.82) is 0 Å². The Morgan fingerprint density at radius 1 is 1.30 bits per heavy atom. The molecule has 2 rings (SSSR count). The molecule has 0 aromatic heterocycles. The molecule has 1 aliphatic rings. The first-order valence-electron chi connectivity index (χ1n) is 6.62. The van der Waals surface area contributed by atoms with E-state index in [-0.39, 0.29) is 10.4 Å². The van der Waals surface area contributed by atoms with Crippen molar-refractivity contribution in [3.05, 3.63) is 29.8 Å². The van der Waals surface area contributed by atoms with E-state index in [1.54, 1.807) is 28.6 Å². The zero-order chi connectivity index (χ0) is 15.0. The molecule has 0 bridgehead atoms. The van der Waals surface area contributed by atoms with Crippen molar-refractivity contribution < 1.29 is 8.42 Å². The van der Waals surface area contributed by atoms with Crippen LogP contribution in [0.15, 0.2) is 29.2 Å². The number of sulfonamides is 1. The van der Waals surface area contributed by atoms with Crippen LogP contribution in [0.5, 0.6) is 0 Å². The molecule has 4 nitrogen and oxygen atoms in total. The fourth-order valence-electron chi connectivity index (χ4n) is 2.51. The molecule has 110 valence electrons. The molecule has 0 amide bonds. The summed E-state index contributed by atoms with van der Waals surface area (Å²) in [6.07, 6.45) is 1.95. The smallest absolute Gasteiger partial charge is 0.243 e. The second kappa shape index (κ2) is 5.42. The van der Waals surface area contributed by atoms with Crippen LogP contribution >= 0.6 is 12.2 Å². The largest absolute Gasteiger partial charge is 0.389 e. The van der Waals surface area contributed by atoms with Crippen LogP contribution in [0.3, 0.4) is 0 Å². The molecule has 1 aromatic carbocycles. The van der Waals surface area contributed by atoms with E-state index in [9.17, 15) is 8.42 Å². The number of hydrogen-bond acceptors (Lipinski definition) is 3. The fraction of sp³-hybridized carbons (Fsp3) is 0.500. The molecular formula is C14H20N2O2S2. The van der Waals surface area contributed by atoms with Gasteiger partial charge in [0.25, 0.3) is 0 Å². The van der Waals surface area contributed by atoms with Crippen molar-refractivity contribution >= 4 is 27.2 Å². The van der Waals surface area contributed by atoms with Crippen LogP contribution in [0.4, 0.5) is 0 Å². The van der Waals surface area contributed by atoms with Crippen LogP contribution in [0.1, 0.15) is 32.3 Å². The lowest BCUT2D eigenvalue weighted by atomic mass is 9.85. The van der Waals surface area contributed by atoms with Crippen LogP contribution in [0.25, 0.3) is 0 Å².